The summed E-state index contributed by atoms with van der Waals surface area (Å²) in [6.45, 7) is 3.59. The Labute approximate surface area is 155 Å². The number of halogens is 1. The van der Waals surface area contributed by atoms with E-state index in [1.165, 1.54) is 6.21 Å². The highest BCUT2D eigenvalue weighted by Crippen LogP contribution is 2.21. The van der Waals surface area contributed by atoms with E-state index in [9.17, 15) is 4.79 Å². The summed E-state index contributed by atoms with van der Waals surface area (Å²) in [5, 5.41) is 3.94. The number of hydrogen-bond acceptors (Lipinski definition) is 4. The van der Waals surface area contributed by atoms with Crippen molar-refractivity contribution in [1.82, 2.24) is 5.43 Å². The van der Waals surface area contributed by atoms with Crippen LogP contribution in [0.5, 0.6) is 11.5 Å². The summed E-state index contributed by atoms with van der Waals surface area (Å²) in [6.07, 6.45) is 4.01. The number of carbonyl (C=O) groups is 1. The maximum Gasteiger partial charge on any atom is 0.277 e. The van der Waals surface area contributed by atoms with Crippen LogP contribution in [-0.4, -0.2) is 25.8 Å². The van der Waals surface area contributed by atoms with Crippen LogP contribution in [0.3, 0.4) is 0 Å². The van der Waals surface area contributed by atoms with Gasteiger partial charge in [0.2, 0.25) is 0 Å². The van der Waals surface area contributed by atoms with Crippen LogP contribution in [0.1, 0.15) is 11.1 Å². The van der Waals surface area contributed by atoms with Gasteiger partial charge < -0.3 is 9.47 Å². The Morgan fingerprint density at radius 3 is 2.88 bits per heavy atom. The van der Waals surface area contributed by atoms with Crippen molar-refractivity contribution < 1.29 is 14.3 Å². The van der Waals surface area contributed by atoms with Gasteiger partial charge in [-0.05, 0) is 36.2 Å². The highest BCUT2D eigenvalue weighted by Gasteiger charge is 2.05. The first kappa shape index (κ1) is 18.7. The number of carbonyl (C=O) groups excluding carboxylic acids is 1. The number of benzene rings is 2. The van der Waals surface area contributed by atoms with Crippen molar-refractivity contribution in [2.45, 2.75) is 6.42 Å². The molecule has 25 heavy (non-hydrogen) atoms. The minimum atomic E-state index is -0.344. The fourth-order valence-electron chi connectivity index (χ4n) is 2.07. The quantitative estimate of drug-likeness (QED) is 0.415. The van der Waals surface area contributed by atoms with Gasteiger partial charge in [-0.3, -0.25) is 4.79 Å². The van der Waals surface area contributed by atoms with E-state index >= 15 is 0 Å². The molecule has 0 aliphatic rings. The fourth-order valence-corrected chi connectivity index (χ4v) is 2.41. The number of allylic oxidation sites excluding steroid dienone is 1. The molecule has 2 aromatic rings. The van der Waals surface area contributed by atoms with E-state index in [1.807, 2.05) is 42.5 Å². The van der Waals surface area contributed by atoms with Crippen LogP contribution in [0.25, 0.3) is 0 Å². The fraction of sp³-hybridized carbons (Fsp3) is 0.158. The lowest BCUT2D eigenvalue weighted by molar-refractivity contribution is -0.123. The smallest absolute Gasteiger partial charge is 0.277 e. The zero-order valence-corrected chi connectivity index (χ0v) is 15.5. The Balaban J connectivity index is 1.90. The highest BCUT2D eigenvalue weighted by molar-refractivity contribution is 9.10. The molecule has 2 rings (SSSR count). The van der Waals surface area contributed by atoms with Gasteiger partial charge in [-0.15, -0.1) is 6.58 Å². The largest absolute Gasteiger partial charge is 0.497 e. The second kappa shape index (κ2) is 9.64. The zero-order valence-electron chi connectivity index (χ0n) is 13.9. The molecule has 1 amide bonds. The molecule has 2 aromatic carbocycles. The second-order valence-corrected chi connectivity index (χ2v) is 5.92. The first-order chi connectivity index (χ1) is 12.1. The average molecular weight is 403 g/mol. The lowest BCUT2D eigenvalue weighted by atomic mass is 10.1. The number of para-hydroxylation sites is 1. The van der Waals surface area contributed by atoms with E-state index in [0.717, 1.165) is 15.6 Å². The molecule has 0 spiro atoms. The maximum atomic E-state index is 11.9. The van der Waals surface area contributed by atoms with Gasteiger partial charge in [0.05, 0.1) is 13.3 Å². The Morgan fingerprint density at radius 1 is 1.32 bits per heavy atom. The third-order valence-corrected chi connectivity index (χ3v) is 4.01. The molecule has 0 saturated carbocycles. The SMILES string of the molecule is C=CCc1ccccc1OCC(=O)NN=Cc1cc(OC)ccc1Br. The van der Waals surface area contributed by atoms with E-state index in [2.05, 4.69) is 33.0 Å². The number of nitrogens with zero attached hydrogens (tertiary/aromatic N) is 1. The van der Waals surface area contributed by atoms with Gasteiger partial charge in [0.15, 0.2) is 6.61 Å². The summed E-state index contributed by atoms with van der Waals surface area (Å²) in [5.74, 6) is 1.03. The van der Waals surface area contributed by atoms with E-state index in [4.69, 9.17) is 9.47 Å². The van der Waals surface area contributed by atoms with E-state index in [-0.39, 0.29) is 12.5 Å². The number of ether oxygens (including phenoxy) is 2. The molecule has 0 aliphatic carbocycles. The number of nitrogens with one attached hydrogen (secondary N) is 1. The van der Waals surface area contributed by atoms with E-state index in [0.29, 0.717) is 17.9 Å². The molecule has 6 heteroatoms. The molecule has 0 heterocycles. The Morgan fingerprint density at radius 2 is 2.12 bits per heavy atom. The number of methoxy groups -OCH3 is 1. The summed E-state index contributed by atoms with van der Waals surface area (Å²) in [6, 6.07) is 13.0. The van der Waals surface area contributed by atoms with E-state index < -0.39 is 0 Å². The van der Waals surface area contributed by atoms with Gasteiger partial charge >= 0.3 is 0 Å². The van der Waals surface area contributed by atoms with Gasteiger partial charge in [0.25, 0.3) is 5.91 Å². The Kier molecular flexibility index (Phi) is 7.22. The van der Waals surface area contributed by atoms with Crippen molar-refractivity contribution in [3.63, 3.8) is 0 Å². The van der Waals surface area contributed by atoms with Crippen molar-refractivity contribution >= 4 is 28.1 Å². The standard InChI is InChI=1S/C19H19BrN2O3/c1-3-6-14-7-4-5-8-18(14)25-13-19(23)22-21-12-15-11-16(24-2)9-10-17(15)20/h3-5,7-12H,1,6,13H2,2H3,(H,22,23). The lowest BCUT2D eigenvalue weighted by Gasteiger charge is -2.09. The molecule has 0 aromatic heterocycles. The molecule has 5 nitrogen and oxygen atoms in total. The van der Waals surface area contributed by atoms with Crippen LogP contribution < -0.4 is 14.9 Å². The molecule has 0 radical (unpaired) electrons. The molecule has 0 fully saturated rings. The monoisotopic (exact) mass is 402 g/mol. The lowest BCUT2D eigenvalue weighted by Crippen LogP contribution is -2.24. The van der Waals surface area contributed by atoms with Crippen LogP contribution >= 0.6 is 15.9 Å². The van der Waals surface area contributed by atoms with Crippen LogP contribution in [0.15, 0.2) is 64.7 Å². The third-order valence-electron chi connectivity index (χ3n) is 3.29. The predicted molar refractivity (Wildman–Crippen MR) is 102 cm³/mol. The topological polar surface area (TPSA) is 59.9 Å². The number of hydrazone groups is 1. The summed E-state index contributed by atoms with van der Waals surface area (Å²) in [7, 11) is 1.59. The van der Waals surface area contributed by atoms with Crippen LogP contribution in [0.4, 0.5) is 0 Å². The third kappa shape index (κ3) is 5.76. The Bertz CT molecular complexity index is 775. The van der Waals surface area contributed by atoms with Gasteiger partial charge in [-0.25, -0.2) is 5.43 Å². The van der Waals surface area contributed by atoms with Gasteiger partial charge in [0.1, 0.15) is 11.5 Å². The Hall–Kier alpha value is -2.60. The van der Waals surface area contributed by atoms with Crippen molar-refractivity contribution in [1.29, 1.82) is 0 Å². The minimum Gasteiger partial charge on any atom is -0.497 e. The zero-order chi connectivity index (χ0) is 18.1. The van der Waals surface area contributed by atoms with Crippen molar-refractivity contribution in [3.8, 4) is 11.5 Å². The van der Waals surface area contributed by atoms with Gasteiger partial charge in [-0.2, -0.15) is 5.10 Å². The van der Waals surface area contributed by atoms with E-state index in [1.54, 1.807) is 13.2 Å². The summed E-state index contributed by atoms with van der Waals surface area (Å²) in [4.78, 5) is 11.9. The molecule has 0 unspecified atom stereocenters. The molecular formula is C19H19BrN2O3. The van der Waals surface area contributed by atoms with Crippen LogP contribution in [-0.2, 0) is 11.2 Å². The molecule has 0 bridgehead atoms. The average Bonchev–Trinajstić information content (AvgIpc) is 2.63. The van der Waals surface area contributed by atoms with Crippen molar-refractivity contribution in [3.05, 3.63) is 70.7 Å². The highest BCUT2D eigenvalue weighted by atomic mass is 79.9. The van der Waals surface area contributed by atoms with Gasteiger partial charge in [-0.1, -0.05) is 40.2 Å². The molecule has 130 valence electrons. The minimum absolute atomic E-state index is 0.120. The predicted octanol–water partition coefficient (Wildman–Crippen LogP) is 3.72. The molecule has 1 N–H and O–H groups in total. The first-order valence-corrected chi connectivity index (χ1v) is 8.40. The number of hydrogen-bond donors (Lipinski definition) is 1. The molecule has 0 aliphatic heterocycles. The summed E-state index contributed by atoms with van der Waals surface area (Å²) >= 11 is 3.42. The van der Waals surface area contributed by atoms with Crippen molar-refractivity contribution in [2.75, 3.05) is 13.7 Å². The van der Waals surface area contributed by atoms with Gasteiger partial charge in [0, 0.05) is 10.0 Å². The molecular weight excluding hydrogens is 384 g/mol. The summed E-state index contributed by atoms with van der Waals surface area (Å²) in [5.41, 5.74) is 4.21. The summed E-state index contributed by atoms with van der Waals surface area (Å²) < 4.78 is 11.6. The maximum absolute atomic E-state index is 11.9. The molecule has 0 saturated heterocycles. The van der Waals surface area contributed by atoms with Crippen LogP contribution in [0.2, 0.25) is 0 Å². The molecule has 0 atom stereocenters. The second-order valence-electron chi connectivity index (χ2n) is 5.07. The number of rotatable bonds is 8. The number of amides is 1. The van der Waals surface area contributed by atoms with Crippen molar-refractivity contribution in [2.24, 2.45) is 5.10 Å². The van der Waals surface area contributed by atoms with Crippen LogP contribution in [0, 0.1) is 0 Å². The first-order valence-electron chi connectivity index (χ1n) is 7.61. The normalized spacial score (nSPS) is 10.5.